The zero-order chi connectivity index (χ0) is 17.8. The van der Waals surface area contributed by atoms with Crippen molar-refractivity contribution in [3.8, 4) is 0 Å². The Balaban J connectivity index is 1.74. The number of primary amides is 1. The molecule has 3 rings (SSSR count). The van der Waals surface area contributed by atoms with Gasteiger partial charge in [0.25, 0.3) is 0 Å². The number of likely N-dealkylation sites (N-methyl/N-ethyl adjacent to an activating group) is 1. The first kappa shape index (κ1) is 16.9. The number of amides is 1. The molecule has 0 spiro atoms. The number of nitrogens with zero attached hydrogens (tertiary/aromatic N) is 2. The molecule has 1 amide bonds. The molecular formula is C19H20N4O2. The van der Waals surface area contributed by atoms with Crippen molar-refractivity contribution in [2.45, 2.75) is 13.0 Å². The summed E-state index contributed by atoms with van der Waals surface area (Å²) >= 11 is 0. The van der Waals surface area contributed by atoms with Gasteiger partial charge in [-0.05, 0) is 37.4 Å². The van der Waals surface area contributed by atoms with E-state index in [0.29, 0.717) is 23.0 Å². The Kier molecular flexibility index (Phi) is 4.90. The van der Waals surface area contributed by atoms with Gasteiger partial charge in [-0.2, -0.15) is 0 Å². The molecule has 0 saturated heterocycles. The first-order chi connectivity index (χ1) is 12.0. The average molecular weight is 336 g/mol. The molecule has 0 bridgehead atoms. The predicted molar refractivity (Wildman–Crippen MR) is 97.4 cm³/mol. The van der Waals surface area contributed by atoms with Gasteiger partial charge in [-0.15, -0.1) is 0 Å². The largest absolute Gasteiger partial charge is 0.366 e. The van der Waals surface area contributed by atoms with Crippen molar-refractivity contribution in [3.05, 3.63) is 75.8 Å². The number of aromatic nitrogens is 2. The summed E-state index contributed by atoms with van der Waals surface area (Å²) in [7, 11) is 2.00. The predicted octanol–water partition coefficient (Wildman–Crippen LogP) is 1.70. The molecule has 0 aliphatic rings. The molecule has 1 aromatic carbocycles. The summed E-state index contributed by atoms with van der Waals surface area (Å²) in [4.78, 5) is 33.3. The summed E-state index contributed by atoms with van der Waals surface area (Å²) in [6.07, 6.45) is 2.63. The van der Waals surface area contributed by atoms with Gasteiger partial charge in [0.2, 0.25) is 5.91 Å². The molecule has 0 radical (unpaired) electrons. The molecule has 0 aliphatic carbocycles. The maximum Gasteiger partial charge on any atom is 0.248 e. The van der Waals surface area contributed by atoms with Gasteiger partial charge in [0.05, 0.1) is 0 Å². The van der Waals surface area contributed by atoms with Gasteiger partial charge in [0.15, 0.2) is 5.43 Å². The fraction of sp³-hybridized carbons (Fsp3) is 0.211. The van der Waals surface area contributed by atoms with Crippen molar-refractivity contribution in [1.29, 1.82) is 0 Å². The highest BCUT2D eigenvalue weighted by molar-refractivity contribution is 5.96. The number of nitrogens with two attached hydrogens (primary N) is 1. The Morgan fingerprint density at radius 3 is 2.80 bits per heavy atom. The Morgan fingerprint density at radius 1 is 1.24 bits per heavy atom. The van der Waals surface area contributed by atoms with Crippen LogP contribution in [0, 0.1) is 0 Å². The summed E-state index contributed by atoms with van der Waals surface area (Å²) in [5.74, 6) is -0.542. The Bertz CT molecular complexity index is 951. The number of aromatic amines is 1. The minimum atomic E-state index is -0.542. The highest BCUT2D eigenvalue weighted by Gasteiger charge is 2.08. The van der Waals surface area contributed by atoms with E-state index in [1.165, 1.54) is 6.07 Å². The summed E-state index contributed by atoms with van der Waals surface area (Å²) in [6.45, 7) is 1.45. The lowest BCUT2D eigenvalue weighted by molar-refractivity contribution is 0.100. The van der Waals surface area contributed by atoms with Gasteiger partial charge in [-0.25, -0.2) is 0 Å². The van der Waals surface area contributed by atoms with E-state index in [-0.39, 0.29) is 5.43 Å². The Hall–Kier alpha value is -2.99. The van der Waals surface area contributed by atoms with E-state index in [0.717, 1.165) is 24.4 Å². The van der Waals surface area contributed by atoms with Crippen LogP contribution in [0.4, 0.5) is 0 Å². The highest BCUT2D eigenvalue weighted by atomic mass is 16.1. The Labute approximate surface area is 145 Å². The van der Waals surface area contributed by atoms with Crippen LogP contribution in [0.15, 0.2) is 53.5 Å². The molecule has 6 nitrogen and oxygen atoms in total. The van der Waals surface area contributed by atoms with Crippen molar-refractivity contribution in [1.82, 2.24) is 14.9 Å². The monoisotopic (exact) mass is 336 g/mol. The van der Waals surface area contributed by atoms with Crippen LogP contribution in [0.3, 0.4) is 0 Å². The van der Waals surface area contributed by atoms with Gasteiger partial charge in [-0.3, -0.25) is 14.6 Å². The van der Waals surface area contributed by atoms with Gasteiger partial charge in [0.1, 0.15) is 0 Å². The molecule has 6 heteroatoms. The third-order valence-electron chi connectivity index (χ3n) is 4.09. The van der Waals surface area contributed by atoms with Crippen LogP contribution in [0.5, 0.6) is 0 Å². The van der Waals surface area contributed by atoms with E-state index in [4.69, 9.17) is 5.73 Å². The number of fused-ring (bicyclic) bond motifs is 1. The van der Waals surface area contributed by atoms with Crippen LogP contribution < -0.4 is 11.2 Å². The van der Waals surface area contributed by atoms with Crippen LogP contribution in [0.25, 0.3) is 10.9 Å². The number of nitrogens with one attached hydrogen (secondary N) is 1. The minimum Gasteiger partial charge on any atom is -0.366 e. The zero-order valence-electron chi connectivity index (χ0n) is 14.0. The lowest BCUT2D eigenvalue weighted by Gasteiger charge is -2.16. The average Bonchev–Trinajstić information content (AvgIpc) is 2.60. The molecule has 0 saturated carbocycles. The normalized spacial score (nSPS) is 11.1. The van der Waals surface area contributed by atoms with Crippen molar-refractivity contribution in [3.63, 3.8) is 0 Å². The first-order valence-electron chi connectivity index (χ1n) is 8.07. The summed E-state index contributed by atoms with van der Waals surface area (Å²) in [6, 6.07) is 12.3. The van der Waals surface area contributed by atoms with Gasteiger partial charge in [-0.1, -0.05) is 6.07 Å². The smallest absolute Gasteiger partial charge is 0.248 e. The van der Waals surface area contributed by atoms with Crippen LogP contribution in [-0.2, 0) is 13.0 Å². The standard InChI is InChI=1S/C19H20N4O2/c1-23(9-7-14-4-2-3-8-21-14)12-15-11-18(24)16-10-13(19(20)25)5-6-17(16)22-15/h2-6,8,10-11H,7,9,12H2,1H3,(H2,20,25)(H,22,24). The number of hydrogen-bond donors (Lipinski definition) is 2. The van der Waals surface area contributed by atoms with Crippen molar-refractivity contribution < 1.29 is 4.79 Å². The third kappa shape index (κ3) is 4.10. The molecule has 2 heterocycles. The van der Waals surface area contributed by atoms with Crippen LogP contribution >= 0.6 is 0 Å². The fourth-order valence-corrected chi connectivity index (χ4v) is 2.76. The minimum absolute atomic E-state index is 0.120. The second-order valence-electron chi connectivity index (χ2n) is 6.09. The van der Waals surface area contributed by atoms with E-state index in [1.807, 2.05) is 25.2 Å². The molecule has 0 aliphatic heterocycles. The molecule has 0 atom stereocenters. The molecule has 0 unspecified atom stereocenters. The van der Waals surface area contributed by atoms with E-state index in [1.54, 1.807) is 24.4 Å². The first-order valence-corrected chi connectivity index (χ1v) is 8.07. The van der Waals surface area contributed by atoms with Crippen molar-refractivity contribution >= 4 is 16.8 Å². The lowest BCUT2D eigenvalue weighted by Crippen LogP contribution is -2.22. The lowest BCUT2D eigenvalue weighted by atomic mass is 10.1. The second kappa shape index (κ2) is 7.27. The quantitative estimate of drug-likeness (QED) is 0.716. The van der Waals surface area contributed by atoms with Crippen LogP contribution in [-0.4, -0.2) is 34.4 Å². The molecule has 2 aromatic heterocycles. The Morgan fingerprint density at radius 2 is 2.08 bits per heavy atom. The third-order valence-corrected chi connectivity index (χ3v) is 4.09. The number of pyridine rings is 2. The van der Waals surface area contributed by atoms with E-state index in [2.05, 4.69) is 14.9 Å². The summed E-state index contributed by atoms with van der Waals surface area (Å²) in [5, 5.41) is 0.469. The molecular weight excluding hydrogens is 316 g/mol. The highest BCUT2D eigenvalue weighted by Crippen LogP contribution is 2.12. The van der Waals surface area contributed by atoms with Crippen LogP contribution in [0.1, 0.15) is 21.7 Å². The molecule has 0 fully saturated rings. The summed E-state index contributed by atoms with van der Waals surface area (Å²) in [5.41, 5.74) is 8.05. The molecule has 3 aromatic rings. The number of rotatable bonds is 6. The fourth-order valence-electron chi connectivity index (χ4n) is 2.76. The second-order valence-corrected chi connectivity index (χ2v) is 6.09. The topological polar surface area (TPSA) is 92.1 Å². The van der Waals surface area contributed by atoms with Gasteiger partial charge >= 0.3 is 0 Å². The maximum atomic E-state index is 12.3. The van der Waals surface area contributed by atoms with Crippen LogP contribution in [0.2, 0.25) is 0 Å². The summed E-state index contributed by atoms with van der Waals surface area (Å²) < 4.78 is 0. The molecule has 3 N–H and O–H groups in total. The SMILES string of the molecule is CN(CCc1ccccn1)Cc1cc(=O)c2cc(C(N)=O)ccc2[nH]1. The van der Waals surface area contributed by atoms with Gasteiger partial charge < -0.3 is 15.6 Å². The molecule has 25 heavy (non-hydrogen) atoms. The number of carbonyl (C=O) groups excluding carboxylic acids is 1. The van der Waals surface area contributed by atoms with Crippen molar-refractivity contribution in [2.75, 3.05) is 13.6 Å². The van der Waals surface area contributed by atoms with Gasteiger partial charge in [0, 0.05) is 59.6 Å². The zero-order valence-corrected chi connectivity index (χ0v) is 14.0. The van der Waals surface area contributed by atoms with E-state index >= 15 is 0 Å². The maximum absolute atomic E-state index is 12.3. The van der Waals surface area contributed by atoms with E-state index in [9.17, 15) is 9.59 Å². The number of H-pyrrole nitrogens is 1. The number of hydrogen-bond acceptors (Lipinski definition) is 4. The number of carbonyl (C=O) groups is 1. The molecule has 128 valence electrons. The van der Waals surface area contributed by atoms with E-state index < -0.39 is 5.91 Å². The number of benzene rings is 1. The van der Waals surface area contributed by atoms with Crippen molar-refractivity contribution in [2.24, 2.45) is 5.73 Å².